The van der Waals surface area contributed by atoms with Gasteiger partial charge >= 0.3 is 0 Å². The van der Waals surface area contributed by atoms with E-state index in [-0.39, 0.29) is 0 Å². The summed E-state index contributed by atoms with van der Waals surface area (Å²) < 4.78 is 0. The lowest BCUT2D eigenvalue weighted by molar-refractivity contribution is 0.381. The van der Waals surface area contributed by atoms with Gasteiger partial charge in [-0.2, -0.15) is 0 Å². The Labute approximate surface area is 84.1 Å². The van der Waals surface area contributed by atoms with Gasteiger partial charge < -0.3 is 5.32 Å². The van der Waals surface area contributed by atoms with Crippen molar-refractivity contribution < 1.29 is 0 Å². The largest absolute Gasteiger partial charge is 0.310 e. The van der Waals surface area contributed by atoms with Gasteiger partial charge in [0.15, 0.2) is 0 Å². The first-order valence-corrected chi connectivity index (χ1v) is 5.20. The minimum absolute atomic E-state index is 0.550. The summed E-state index contributed by atoms with van der Waals surface area (Å²) in [5.41, 5.74) is 2.81. The second kappa shape index (κ2) is 3.69. The SMILES string of the molecule is CCc1ccc(Cl)cc1[C@@H]1CCN1. The standard InChI is InChI=1S/C11H14ClN/c1-2-8-3-4-9(12)7-10(8)11-5-6-13-11/h3-4,7,11,13H,2,5-6H2,1H3/t11-/m0/s1. The predicted molar refractivity (Wildman–Crippen MR) is 56.2 cm³/mol. The van der Waals surface area contributed by atoms with Crippen LogP contribution in [0.25, 0.3) is 0 Å². The Kier molecular flexibility index (Phi) is 2.56. The van der Waals surface area contributed by atoms with Gasteiger partial charge in [-0.05, 0) is 42.6 Å². The Balaban J connectivity index is 2.33. The molecule has 2 rings (SSSR count). The summed E-state index contributed by atoms with van der Waals surface area (Å²) in [6.45, 7) is 3.33. The number of hydrogen-bond acceptors (Lipinski definition) is 1. The van der Waals surface area contributed by atoms with Crippen LogP contribution in [0.3, 0.4) is 0 Å². The van der Waals surface area contributed by atoms with E-state index in [1.807, 2.05) is 6.07 Å². The van der Waals surface area contributed by atoms with Crippen molar-refractivity contribution >= 4 is 11.6 Å². The van der Waals surface area contributed by atoms with E-state index in [2.05, 4.69) is 24.4 Å². The van der Waals surface area contributed by atoms with Crippen LogP contribution < -0.4 is 5.32 Å². The molecule has 0 radical (unpaired) electrons. The summed E-state index contributed by atoms with van der Waals surface area (Å²) in [5, 5.41) is 4.25. The average Bonchev–Trinajstić information content (AvgIpc) is 2.02. The molecule has 0 aromatic heterocycles. The van der Waals surface area contributed by atoms with Crippen LogP contribution in [0.2, 0.25) is 5.02 Å². The van der Waals surface area contributed by atoms with E-state index in [9.17, 15) is 0 Å². The van der Waals surface area contributed by atoms with Crippen molar-refractivity contribution in [1.82, 2.24) is 5.32 Å². The van der Waals surface area contributed by atoms with Gasteiger partial charge in [0.25, 0.3) is 0 Å². The Bertz CT molecular complexity index is 305. The fourth-order valence-electron chi connectivity index (χ4n) is 1.77. The molecule has 0 aliphatic carbocycles. The van der Waals surface area contributed by atoms with Gasteiger partial charge in [0.05, 0.1) is 0 Å². The molecular weight excluding hydrogens is 182 g/mol. The maximum absolute atomic E-state index is 5.97. The molecule has 13 heavy (non-hydrogen) atoms. The smallest absolute Gasteiger partial charge is 0.0409 e. The Hall–Kier alpha value is -0.530. The zero-order chi connectivity index (χ0) is 9.26. The van der Waals surface area contributed by atoms with Crippen molar-refractivity contribution in [2.24, 2.45) is 0 Å². The molecule has 1 N–H and O–H groups in total. The van der Waals surface area contributed by atoms with E-state index >= 15 is 0 Å². The van der Waals surface area contributed by atoms with Crippen LogP contribution in [0.15, 0.2) is 18.2 Å². The maximum atomic E-state index is 5.97. The molecule has 0 spiro atoms. The van der Waals surface area contributed by atoms with Crippen LogP contribution in [0, 0.1) is 0 Å². The second-order valence-corrected chi connectivity index (χ2v) is 3.93. The van der Waals surface area contributed by atoms with Crippen LogP contribution in [0.4, 0.5) is 0 Å². The molecule has 0 saturated carbocycles. The number of nitrogens with one attached hydrogen (secondary N) is 1. The minimum atomic E-state index is 0.550. The van der Waals surface area contributed by atoms with Gasteiger partial charge in [-0.1, -0.05) is 24.6 Å². The van der Waals surface area contributed by atoms with Crippen LogP contribution in [0.5, 0.6) is 0 Å². The number of benzene rings is 1. The molecule has 70 valence electrons. The van der Waals surface area contributed by atoms with E-state index in [1.54, 1.807) is 0 Å². The highest BCUT2D eigenvalue weighted by Gasteiger charge is 2.20. The molecule has 1 saturated heterocycles. The number of aryl methyl sites for hydroxylation is 1. The number of hydrogen-bond donors (Lipinski definition) is 1. The summed E-state index contributed by atoms with van der Waals surface area (Å²) >= 11 is 5.97. The molecule has 1 fully saturated rings. The first-order valence-electron chi connectivity index (χ1n) is 4.83. The minimum Gasteiger partial charge on any atom is -0.310 e. The lowest BCUT2D eigenvalue weighted by Gasteiger charge is -2.29. The van der Waals surface area contributed by atoms with E-state index < -0.39 is 0 Å². The zero-order valence-electron chi connectivity index (χ0n) is 7.81. The summed E-state index contributed by atoms with van der Waals surface area (Å²) in [6, 6.07) is 6.76. The number of halogens is 1. The van der Waals surface area contributed by atoms with Gasteiger partial charge in [0, 0.05) is 11.1 Å². The van der Waals surface area contributed by atoms with Gasteiger partial charge in [-0.25, -0.2) is 0 Å². The third-order valence-electron chi connectivity index (χ3n) is 2.69. The lowest BCUT2D eigenvalue weighted by Crippen LogP contribution is -2.35. The molecule has 0 bridgehead atoms. The van der Waals surface area contributed by atoms with E-state index in [0.29, 0.717) is 6.04 Å². The van der Waals surface area contributed by atoms with Gasteiger partial charge in [-0.3, -0.25) is 0 Å². The molecule has 1 nitrogen and oxygen atoms in total. The third kappa shape index (κ3) is 1.72. The lowest BCUT2D eigenvalue weighted by atomic mass is 9.92. The predicted octanol–water partition coefficient (Wildman–Crippen LogP) is 2.94. The fourth-order valence-corrected chi connectivity index (χ4v) is 1.95. The van der Waals surface area contributed by atoms with Crippen LogP contribution in [-0.2, 0) is 6.42 Å². The first-order chi connectivity index (χ1) is 6.31. The topological polar surface area (TPSA) is 12.0 Å². The normalized spacial score (nSPS) is 21.2. The van der Waals surface area contributed by atoms with E-state index in [0.717, 1.165) is 18.0 Å². The highest BCUT2D eigenvalue weighted by atomic mass is 35.5. The summed E-state index contributed by atoms with van der Waals surface area (Å²) in [7, 11) is 0. The third-order valence-corrected chi connectivity index (χ3v) is 2.92. The molecule has 1 aromatic rings. The molecule has 1 atom stereocenters. The zero-order valence-corrected chi connectivity index (χ0v) is 8.56. The highest BCUT2D eigenvalue weighted by Crippen LogP contribution is 2.28. The Morgan fingerprint density at radius 1 is 1.54 bits per heavy atom. The van der Waals surface area contributed by atoms with Crippen molar-refractivity contribution in [3.05, 3.63) is 34.3 Å². The quantitative estimate of drug-likeness (QED) is 0.765. The van der Waals surface area contributed by atoms with E-state index in [1.165, 1.54) is 17.5 Å². The molecular formula is C11H14ClN. The summed E-state index contributed by atoms with van der Waals surface area (Å²) in [4.78, 5) is 0. The van der Waals surface area contributed by atoms with Crippen LogP contribution in [-0.4, -0.2) is 6.54 Å². The molecule has 2 heteroatoms. The summed E-state index contributed by atoms with van der Waals surface area (Å²) in [5.74, 6) is 0. The van der Waals surface area contributed by atoms with Crippen molar-refractivity contribution in [3.8, 4) is 0 Å². The maximum Gasteiger partial charge on any atom is 0.0409 e. The van der Waals surface area contributed by atoms with Gasteiger partial charge in [0.2, 0.25) is 0 Å². The monoisotopic (exact) mass is 195 g/mol. The highest BCUT2D eigenvalue weighted by molar-refractivity contribution is 6.30. The Morgan fingerprint density at radius 2 is 2.31 bits per heavy atom. The number of rotatable bonds is 2. The van der Waals surface area contributed by atoms with Crippen molar-refractivity contribution in [3.63, 3.8) is 0 Å². The van der Waals surface area contributed by atoms with Crippen LogP contribution in [0.1, 0.15) is 30.5 Å². The van der Waals surface area contributed by atoms with E-state index in [4.69, 9.17) is 11.6 Å². The van der Waals surface area contributed by atoms with Crippen LogP contribution >= 0.6 is 11.6 Å². The molecule has 1 aromatic carbocycles. The molecule has 1 aliphatic rings. The van der Waals surface area contributed by atoms with Gasteiger partial charge in [0.1, 0.15) is 0 Å². The average molecular weight is 196 g/mol. The Morgan fingerprint density at radius 3 is 2.85 bits per heavy atom. The second-order valence-electron chi connectivity index (χ2n) is 3.49. The van der Waals surface area contributed by atoms with Crippen molar-refractivity contribution in [2.75, 3.05) is 6.54 Å². The molecule has 1 aliphatic heterocycles. The fraction of sp³-hybridized carbons (Fsp3) is 0.455. The molecule has 1 heterocycles. The van der Waals surface area contributed by atoms with Gasteiger partial charge in [-0.15, -0.1) is 0 Å². The summed E-state index contributed by atoms with van der Waals surface area (Å²) in [6.07, 6.45) is 2.33. The molecule has 0 amide bonds. The first kappa shape index (κ1) is 9.04. The van der Waals surface area contributed by atoms with Crippen molar-refractivity contribution in [2.45, 2.75) is 25.8 Å². The van der Waals surface area contributed by atoms with Crippen molar-refractivity contribution in [1.29, 1.82) is 0 Å². The molecule has 0 unspecified atom stereocenters.